The van der Waals surface area contributed by atoms with E-state index in [1.165, 1.54) is 0 Å². The zero-order chi connectivity index (χ0) is 16.9. The highest BCUT2D eigenvalue weighted by molar-refractivity contribution is 5.88. The van der Waals surface area contributed by atoms with Crippen LogP contribution in [0.15, 0.2) is 59.0 Å². The van der Waals surface area contributed by atoms with Crippen LogP contribution in [0, 0.1) is 6.92 Å². The van der Waals surface area contributed by atoms with Crippen LogP contribution in [0.5, 0.6) is 5.75 Å². The number of esters is 1. The molecule has 0 atom stereocenters. The summed E-state index contributed by atoms with van der Waals surface area (Å²) in [6.07, 6.45) is 0. The molecule has 0 aliphatic rings. The van der Waals surface area contributed by atoms with Crippen molar-refractivity contribution in [2.24, 2.45) is 0 Å². The summed E-state index contributed by atoms with van der Waals surface area (Å²) in [6, 6.07) is 16.7. The van der Waals surface area contributed by atoms with Gasteiger partial charge in [-0.25, -0.2) is 9.78 Å². The molecule has 0 saturated carbocycles. The molecule has 3 aromatic rings. The molecule has 0 radical (unpaired) electrons. The van der Waals surface area contributed by atoms with Crippen LogP contribution >= 0.6 is 0 Å². The van der Waals surface area contributed by atoms with E-state index >= 15 is 0 Å². The average Bonchev–Trinajstić information content (AvgIpc) is 3.03. The third kappa shape index (κ3) is 3.46. The van der Waals surface area contributed by atoms with Gasteiger partial charge in [0.1, 0.15) is 18.1 Å². The second kappa shape index (κ2) is 7.00. The van der Waals surface area contributed by atoms with Gasteiger partial charge in [0.05, 0.1) is 7.11 Å². The van der Waals surface area contributed by atoms with Gasteiger partial charge in [0, 0.05) is 5.56 Å². The summed E-state index contributed by atoms with van der Waals surface area (Å²) in [4.78, 5) is 16.5. The monoisotopic (exact) mass is 323 g/mol. The Morgan fingerprint density at radius 1 is 1.08 bits per heavy atom. The van der Waals surface area contributed by atoms with Crippen molar-refractivity contribution in [2.45, 2.75) is 13.5 Å². The summed E-state index contributed by atoms with van der Waals surface area (Å²) in [5.74, 6) is 1.09. The minimum atomic E-state index is -0.505. The third-order valence-corrected chi connectivity index (χ3v) is 3.54. The molecule has 3 rings (SSSR count). The number of nitrogens with zero attached hydrogens (tertiary/aromatic N) is 1. The first kappa shape index (κ1) is 15.8. The lowest BCUT2D eigenvalue weighted by molar-refractivity contribution is 0.0464. The number of carbonyl (C=O) groups excluding carboxylic acids is 1. The molecule has 0 saturated heterocycles. The van der Waals surface area contributed by atoms with E-state index in [-0.39, 0.29) is 12.3 Å². The molecular formula is C19H17NO4. The van der Waals surface area contributed by atoms with Gasteiger partial charge < -0.3 is 13.9 Å². The lowest BCUT2D eigenvalue weighted by Gasteiger charge is -2.04. The smallest absolute Gasteiger partial charge is 0.360 e. The normalized spacial score (nSPS) is 10.4. The summed E-state index contributed by atoms with van der Waals surface area (Å²) < 4.78 is 16.0. The molecule has 0 spiro atoms. The van der Waals surface area contributed by atoms with Gasteiger partial charge in [0.2, 0.25) is 5.89 Å². The fourth-order valence-electron chi connectivity index (χ4n) is 2.23. The molecule has 1 heterocycles. The lowest BCUT2D eigenvalue weighted by atomic mass is 10.2. The number of ether oxygens (including phenoxy) is 2. The van der Waals surface area contributed by atoms with E-state index in [2.05, 4.69) is 4.98 Å². The Bertz CT molecular complexity index is 822. The van der Waals surface area contributed by atoms with Crippen molar-refractivity contribution in [3.63, 3.8) is 0 Å². The van der Waals surface area contributed by atoms with Crippen LogP contribution in [0.1, 0.15) is 21.8 Å². The third-order valence-electron chi connectivity index (χ3n) is 3.54. The van der Waals surface area contributed by atoms with Crippen LogP contribution < -0.4 is 4.74 Å². The van der Waals surface area contributed by atoms with Gasteiger partial charge in [-0.1, -0.05) is 30.3 Å². The number of oxazole rings is 1. The number of aromatic nitrogens is 1. The van der Waals surface area contributed by atoms with E-state index in [4.69, 9.17) is 13.9 Å². The number of hydrogen-bond acceptors (Lipinski definition) is 5. The topological polar surface area (TPSA) is 61.6 Å². The summed E-state index contributed by atoms with van der Waals surface area (Å²) in [7, 11) is 1.60. The highest BCUT2D eigenvalue weighted by atomic mass is 16.5. The van der Waals surface area contributed by atoms with Crippen molar-refractivity contribution in [3.8, 4) is 17.2 Å². The number of rotatable bonds is 5. The molecule has 0 aliphatic heterocycles. The summed E-state index contributed by atoms with van der Waals surface area (Å²) in [5.41, 5.74) is 1.88. The molecule has 1 aromatic heterocycles. The maximum atomic E-state index is 12.2. The molecular weight excluding hydrogens is 306 g/mol. The SMILES string of the molecule is COc1ccc(COC(=O)c2nc(-c3ccccc3)oc2C)cc1. The molecule has 0 aliphatic carbocycles. The Hall–Kier alpha value is -3.08. The van der Waals surface area contributed by atoms with Gasteiger partial charge in [-0.05, 0) is 36.8 Å². The molecule has 0 amide bonds. The van der Waals surface area contributed by atoms with E-state index in [0.29, 0.717) is 11.7 Å². The first-order chi connectivity index (χ1) is 11.7. The van der Waals surface area contributed by atoms with Crippen molar-refractivity contribution < 1.29 is 18.7 Å². The van der Waals surface area contributed by atoms with Crippen LogP contribution in [-0.4, -0.2) is 18.1 Å². The maximum Gasteiger partial charge on any atom is 0.360 e. The minimum absolute atomic E-state index is 0.162. The van der Waals surface area contributed by atoms with Crippen molar-refractivity contribution in [1.82, 2.24) is 4.98 Å². The fraction of sp³-hybridized carbons (Fsp3) is 0.158. The summed E-state index contributed by atoms with van der Waals surface area (Å²) in [5, 5.41) is 0. The van der Waals surface area contributed by atoms with E-state index in [0.717, 1.165) is 16.9 Å². The van der Waals surface area contributed by atoms with Crippen LogP contribution in [0.2, 0.25) is 0 Å². The largest absolute Gasteiger partial charge is 0.497 e. The van der Waals surface area contributed by atoms with Crippen LogP contribution in [0.3, 0.4) is 0 Å². The number of benzene rings is 2. The van der Waals surface area contributed by atoms with Crippen molar-refractivity contribution in [2.75, 3.05) is 7.11 Å². The average molecular weight is 323 g/mol. The summed E-state index contributed by atoms with van der Waals surface area (Å²) in [6.45, 7) is 1.86. The van der Waals surface area contributed by atoms with Crippen LogP contribution in [-0.2, 0) is 11.3 Å². The molecule has 0 N–H and O–H groups in total. The Kier molecular flexibility index (Phi) is 4.61. The molecule has 5 heteroatoms. The van der Waals surface area contributed by atoms with E-state index in [9.17, 15) is 4.79 Å². The molecule has 0 fully saturated rings. The van der Waals surface area contributed by atoms with Crippen molar-refractivity contribution >= 4 is 5.97 Å². The van der Waals surface area contributed by atoms with Gasteiger partial charge in [-0.15, -0.1) is 0 Å². The minimum Gasteiger partial charge on any atom is -0.497 e. The second-order valence-electron chi connectivity index (χ2n) is 5.21. The molecule has 2 aromatic carbocycles. The number of carbonyl (C=O) groups is 1. The van der Waals surface area contributed by atoms with Gasteiger partial charge in [-0.2, -0.15) is 0 Å². The van der Waals surface area contributed by atoms with Crippen molar-refractivity contribution in [1.29, 1.82) is 0 Å². The molecule has 24 heavy (non-hydrogen) atoms. The Balaban J connectivity index is 1.69. The van der Waals surface area contributed by atoms with Gasteiger partial charge in [-0.3, -0.25) is 0 Å². The predicted molar refractivity (Wildman–Crippen MR) is 88.8 cm³/mol. The zero-order valence-corrected chi connectivity index (χ0v) is 13.5. The summed E-state index contributed by atoms with van der Waals surface area (Å²) >= 11 is 0. The second-order valence-corrected chi connectivity index (χ2v) is 5.21. The standard InChI is InChI=1S/C19H17NO4/c1-13-17(20-18(24-13)15-6-4-3-5-7-15)19(21)23-12-14-8-10-16(22-2)11-9-14/h3-11H,12H2,1-2H3. The maximum absolute atomic E-state index is 12.2. The first-order valence-corrected chi connectivity index (χ1v) is 7.50. The number of hydrogen-bond donors (Lipinski definition) is 0. The van der Waals surface area contributed by atoms with Crippen LogP contribution in [0.4, 0.5) is 0 Å². The van der Waals surface area contributed by atoms with Crippen molar-refractivity contribution in [3.05, 3.63) is 71.6 Å². The highest BCUT2D eigenvalue weighted by Gasteiger charge is 2.19. The van der Waals surface area contributed by atoms with Gasteiger partial charge >= 0.3 is 5.97 Å². The van der Waals surface area contributed by atoms with E-state index < -0.39 is 5.97 Å². The lowest BCUT2D eigenvalue weighted by Crippen LogP contribution is -2.07. The molecule has 0 bridgehead atoms. The number of aryl methyl sites for hydroxylation is 1. The van der Waals surface area contributed by atoms with Gasteiger partial charge in [0.25, 0.3) is 0 Å². The predicted octanol–water partition coefficient (Wildman–Crippen LogP) is 4.02. The first-order valence-electron chi connectivity index (χ1n) is 7.50. The molecule has 5 nitrogen and oxygen atoms in total. The Morgan fingerprint density at radius 3 is 2.46 bits per heavy atom. The fourth-order valence-corrected chi connectivity index (χ4v) is 2.23. The zero-order valence-electron chi connectivity index (χ0n) is 13.5. The van der Waals surface area contributed by atoms with E-state index in [1.54, 1.807) is 14.0 Å². The van der Waals surface area contributed by atoms with E-state index in [1.807, 2.05) is 54.6 Å². The Labute approximate surface area is 139 Å². The van der Waals surface area contributed by atoms with Gasteiger partial charge in [0.15, 0.2) is 5.69 Å². The van der Waals surface area contributed by atoms with Crippen LogP contribution in [0.25, 0.3) is 11.5 Å². The molecule has 0 unspecified atom stereocenters. The quantitative estimate of drug-likeness (QED) is 0.664. The number of methoxy groups -OCH3 is 1. The highest BCUT2D eigenvalue weighted by Crippen LogP contribution is 2.22. The molecule has 122 valence electrons. The Morgan fingerprint density at radius 2 is 1.79 bits per heavy atom.